The molecule has 106 valence electrons. The van der Waals surface area contributed by atoms with E-state index in [9.17, 15) is 4.79 Å². The minimum atomic E-state index is -0.462. The Morgan fingerprint density at radius 2 is 2.32 bits per heavy atom. The lowest BCUT2D eigenvalue weighted by molar-refractivity contribution is -0.136. The molecule has 1 aromatic rings. The summed E-state index contributed by atoms with van der Waals surface area (Å²) in [7, 11) is 0. The van der Waals surface area contributed by atoms with E-state index in [1.807, 2.05) is 23.9 Å². The van der Waals surface area contributed by atoms with Crippen LogP contribution in [-0.4, -0.2) is 41.5 Å². The van der Waals surface area contributed by atoms with Gasteiger partial charge >= 0.3 is 0 Å². The zero-order valence-electron chi connectivity index (χ0n) is 11.3. The molecule has 19 heavy (non-hydrogen) atoms. The Bertz CT molecular complexity index is 399. The van der Waals surface area contributed by atoms with Gasteiger partial charge in [-0.3, -0.25) is 9.48 Å². The second kappa shape index (κ2) is 6.16. The second-order valence-electron chi connectivity index (χ2n) is 5.20. The molecule has 3 N–H and O–H groups in total. The molecule has 1 atom stereocenters. The fraction of sp³-hybridized carbons (Fsp3) is 0.692. The molecule has 1 aliphatic heterocycles. The number of hydrogen-bond acceptors (Lipinski definition) is 4. The van der Waals surface area contributed by atoms with Crippen LogP contribution in [0.2, 0.25) is 0 Å². The van der Waals surface area contributed by atoms with Crippen molar-refractivity contribution in [3.05, 3.63) is 18.5 Å². The third kappa shape index (κ3) is 3.33. The topological polar surface area (TPSA) is 82.2 Å². The van der Waals surface area contributed by atoms with Crippen molar-refractivity contribution in [3.8, 4) is 0 Å². The number of hydrogen-bond donors (Lipinski definition) is 2. The summed E-state index contributed by atoms with van der Waals surface area (Å²) < 4.78 is 7.13. The Labute approximate surface area is 113 Å². The van der Waals surface area contributed by atoms with Crippen LogP contribution in [0.3, 0.4) is 0 Å². The van der Waals surface area contributed by atoms with Crippen LogP contribution >= 0.6 is 0 Å². The quantitative estimate of drug-likeness (QED) is 0.794. The van der Waals surface area contributed by atoms with Crippen LogP contribution in [0, 0.1) is 5.41 Å². The predicted octanol–water partition coefficient (Wildman–Crippen LogP) is 0.143. The lowest BCUT2D eigenvalue weighted by Gasteiger charge is -2.35. The van der Waals surface area contributed by atoms with Gasteiger partial charge in [-0.2, -0.15) is 5.10 Å². The molecular weight excluding hydrogens is 244 g/mol. The number of aromatic nitrogens is 2. The minimum absolute atomic E-state index is 0.0265. The molecule has 1 saturated heterocycles. The van der Waals surface area contributed by atoms with E-state index in [-0.39, 0.29) is 11.9 Å². The molecule has 1 amide bonds. The Kier molecular flexibility index (Phi) is 4.55. The third-order valence-corrected chi connectivity index (χ3v) is 3.72. The van der Waals surface area contributed by atoms with Gasteiger partial charge in [0.15, 0.2) is 0 Å². The van der Waals surface area contributed by atoms with Crippen LogP contribution < -0.4 is 11.1 Å². The minimum Gasteiger partial charge on any atom is -0.381 e. The van der Waals surface area contributed by atoms with Gasteiger partial charge in [0.2, 0.25) is 5.91 Å². The fourth-order valence-electron chi connectivity index (χ4n) is 2.40. The van der Waals surface area contributed by atoms with Crippen molar-refractivity contribution < 1.29 is 9.53 Å². The van der Waals surface area contributed by atoms with Crippen molar-refractivity contribution in [3.63, 3.8) is 0 Å². The number of nitrogens with one attached hydrogen (secondary N) is 1. The summed E-state index contributed by atoms with van der Waals surface area (Å²) in [5.74, 6) is 0.0398. The lowest BCUT2D eigenvalue weighted by Crippen LogP contribution is -2.51. The molecular formula is C13H22N4O2. The molecule has 2 rings (SSSR count). The monoisotopic (exact) mass is 266 g/mol. The SMILES string of the molecule is CC(Cn1cccn1)NC(=O)C1(CN)CCOCC1. The zero-order chi connectivity index (χ0) is 13.7. The van der Waals surface area contributed by atoms with E-state index >= 15 is 0 Å². The first-order valence-corrected chi connectivity index (χ1v) is 6.72. The van der Waals surface area contributed by atoms with Crippen LogP contribution in [0.25, 0.3) is 0 Å². The molecule has 6 heteroatoms. The van der Waals surface area contributed by atoms with Crippen molar-refractivity contribution in [2.45, 2.75) is 32.4 Å². The van der Waals surface area contributed by atoms with Gasteiger partial charge in [0.25, 0.3) is 0 Å². The maximum absolute atomic E-state index is 12.4. The average molecular weight is 266 g/mol. The van der Waals surface area contributed by atoms with Crippen LogP contribution in [0.5, 0.6) is 0 Å². The molecule has 1 aromatic heterocycles. The normalized spacial score (nSPS) is 19.9. The van der Waals surface area contributed by atoms with Crippen molar-refractivity contribution >= 4 is 5.91 Å². The van der Waals surface area contributed by atoms with E-state index in [0.717, 1.165) is 0 Å². The summed E-state index contributed by atoms with van der Waals surface area (Å²) >= 11 is 0. The smallest absolute Gasteiger partial charge is 0.227 e. The first-order valence-electron chi connectivity index (χ1n) is 6.72. The van der Waals surface area contributed by atoms with Gasteiger partial charge in [-0.15, -0.1) is 0 Å². The summed E-state index contributed by atoms with van der Waals surface area (Å²) in [5.41, 5.74) is 5.36. The number of nitrogens with two attached hydrogens (primary N) is 1. The summed E-state index contributed by atoms with van der Waals surface area (Å²) in [5, 5.41) is 7.18. The van der Waals surface area contributed by atoms with Crippen molar-refractivity contribution in [2.75, 3.05) is 19.8 Å². The lowest BCUT2D eigenvalue weighted by atomic mass is 9.79. The van der Waals surface area contributed by atoms with Crippen LogP contribution in [0.15, 0.2) is 18.5 Å². The van der Waals surface area contributed by atoms with Gasteiger partial charge in [0.05, 0.1) is 12.0 Å². The highest BCUT2D eigenvalue weighted by molar-refractivity contribution is 5.83. The molecule has 0 radical (unpaired) electrons. The van der Waals surface area contributed by atoms with E-state index in [2.05, 4.69) is 10.4 Å². The summed E-state index contributed by atoms with van der Waals surface area (Å²) in [4.78, 5) is 12.4. The first-order chi connectivity index (χ1) is 9.16. The number of carbonyl (C=O) groups is 1. The van der Waals surface area contributed by atoms with Crippen LogP contribution in [0.1, 0.15) is 19.8 Å². The van der Waals surface area contributed by atoms with Crippen molar-refractivity contribution in [1.29, 1.82) is 0 Å². The highest BCUT2D eigenvalue weighted by Crippen LogP contribution is 2.29. The third-order valence-electron chi connectivity index (χ3n) is 3.72. The highest BCUT2D eigenvalue weighted by Gasteiger charge is 2.39. The van der Waals surface area contributed by atoms with E-state index in [0.29, 0.717) is 39.1 Å². The molecule has 2 heterocycles. The second-order valence-corrected chi connectivity index (χ2v) is 5.20. The maximum atomic E-state index is 12.4. The summed E-state index contributed by atoms with van der Waals surface area (Å²) in [6, 6.07) is 1.90. The van der Waals surface area contributed by atoms with Gasteiger partial charge in [0.1, 0.15) is 0 Å². The Balaban J connectivity index is 1.91. The van der Waals surface area contributed by atoms with Crippen LogP contribution in [0.4, 0.5) is 0 Å². The predicted molar refractivity (Wildman–Crippen MR) is 71.4 cm³/mol. The Hall–Kier alpha value is -1.40. The molecule has 6 nitrogen and oxygen atoms in total. The number of amides is 1. The molecule has 1 unspecified atom stereocenters. The highest BCUT2D eigenvalue weighted by atomic mass is 16.5. The summed E-state index contributed by atoms with van der Waals surface area (Å²) in [6.07, 6.45) is 5.01. The van der Waals surface area contributed by atoms with Gasteiger partial charge in [-0.25, -0.2) is 0 Å². The number of ether oxygens (including phenoxy) is 1. The molecule has 0 spiro atoms. The van der Waals surface area contributed by atoms with Gasteiger partial charge < -0.3 is 15.8 Å². The average Bonchev–Trinajstić information content (AvgIpc) is 2.92. The fourth-order valence-corrected chi connectivity index (χ4v) is 2.40. The summed E-state index contributed by atoms with van der Waals surface area (Å²) in [6.45, 7) is 4.23. The standard InChI is InChI=1S/C13H22N4O2/c1-11(9-17-6-2-5-15-17)16-12(18)13(10-14)3-7-19-8-4-13/h2,5-6,11H,3-4,7-10,14H2,1H3,(H,16,18). The molecule has 0 bridgehead atoms. The Morgan fingerprint density at radius 1 is 1.58 bits per heavy atom. The number of carbonyl (C=O) groups excluding carboxylic acids is 1. The maximum Gasteiger partial charge on any atom is 0.227 e. The van der Waals surface area contributed by atoms with E-state index in [4.69, 9.17) is 10.5 Å². The molecule has 0 saturated carbocycles. The van der Waals surface area contributed by atoms with E-state index < -0.39 is 5.41 Å². The molecule has 1 fully saturated rings. The van der Waals surface area contributed by atoms with Crippen molar-refractivity contribution in [2.24, 2.45) is 11.1 Å². The molecule has 0 aliphatic carbocycles. The van der Waals surface area contributed by atoms with Gasteiger partial charge in [-0.05, 0) is 25.8 Å². The van der Waals surface area contributed by atoms with E-state index in [1.54, 1.807) is 6.20 Å². The Morgan fingerprint density at radius 3 is 2.89 bits per heavy atom. The first kappa shape index (κ1) is 14.0. The largest absolute Gasteiger partial charge is 0.381 e. The molecule has 0 aromatic carbocycles. The number of nitrogens with zero attached hydrogens (tertiary/aromatic N) is 2. The molecule has 1 aliphatic rings. The van der Waals surface area contributed by atoms with Gasteiger partial charge in [-0.1, -0.05) is 0 Å². The zero-order valence-corrected chi connectivity index (χ0v) is 11.3. The number of rotatable bonds is 5. The van der Waals surface area contributed by atoms with E-state index in [1.165, 1.54) is 0 Å². The van der Waals surface area contributed by atoms with Crippen LogP contribution in [-0.2, 0) is 16.1 Å². The van der Waals surface area contributed by atoms with Gasteiger partial charge in [0, 0.05) is 38.2 Å². The van der Waals surface area contributed by atoms with Crippen molar-refractivity contribution in [1.82, 2.24) is 15.1 Å².